The summed E-state index contributed by atoms with van der Waals surface area (Å²) in [6, 6.07) is 20.2. The average Bonchev–Trinajstić information content (AvgIpc) is 3.14. The van der Waals surface area contributed by atoms with Gasteiger partial charge in [-0.05, 0) is 29.7 Å². The van der Waals surface area contributed by atoms with Crippen molar-refractivity contribution in [2.45, 2.75) is 70.9 Å². The summed E-state index contributed by atoms with van der Waals surface area (Å²) in [5.74, 6) is 0. The Morgan fingerprint density at radius 3 is 2.19 bits per heavy atom. The SMILES string of the molecule is CCCCCCCCCCN(Cc1ccccc1)C1C=Cc2ccccc21. The molecule has 0 fully saturated rings. The lowest BCUT2D eigenvalue weighted by Gasteiger charge is -2.29. The van der Waals surface area contributed by atoms with Gasteiger partial charge in [-0.3, -0.25) is 4.90 Å². The van der Waals surface area contributed by atoms with Crippen molar-refractivity contribution < 1.29 is 0 Å². The van der Waals surface area contributed by atoms with Crippen molar-refractivity contribution in [3.8, 4) is 0 Å². The van der Waals surface area contributed by atoms with Gasteiger partial charge in [-0.1, -0.05) is 119 Å². The molecule has 1 unspecified atom stereocenters. The van der Waals surface area contributed by atoms with Crippen molar-refractivity contribution in [3.63, 3.8) is 0 Å². The molecule has 3 rings (SSSR count). The molecule has 0 aromatic heterocycles. The minimum atomic E-state index is 0.422. The molecule has 1 nitrogen and oxygen atoms in total. The molecular weight excluding hydrogens is 326 g/mol. The van der Waals surface area contributed by atoms with Crippen LogP contribution in [0.1, 0.15) is 81.0 Å². The monoisotopic (exact) mass is 361 g/mol. The third-order valence-corrected chi connectivity index (χ3v) is 5.69. The summed E-state index contributed by atoms with van der Waals surface area (Å²) in [7, 11) is 0. The van der Waals surface area contributed by atoms with E-state index >= 15 is 0 Å². The fraction of sp³-hybridized carbons (Fsp3) is 0.462. The molecule has 0 saturated heterocycles. The number of fused-ring (bicyclic) bond motifs is 1. The number of hydrogen-bond donors (Lipinski definition) is 0. The van der Waals surface area contributed by atoms with Crippen molar-refractivity contribution in [1.29, 1.82) is 0 Å². The number of benzene rings is 2. The van der Waals surface area contributed by atoms with Gasteiger partial charge >= 0.3 is 0 Å². The van der Waals surface area contributed by atoms with E-state index in [-0.39, 0.29) is 0 Å². The van der Waals surface area contributed by atoms with Gasteiger partial charge in [-0.2, -0.15) is 0 Å². The molecule has 0 bridgehead atoms. The Morgan fingerprint density at radius 1 is 0.741 bits per heavy atom. The summed E-state index contributed by atoms with van der Waals surface area (Å²) in [6.45, 7) is 4.49. The average molecular weight is 362 g/mol. The molecule has 0 amide bonds. The van der Waals surface area contributed by atoms with Crippen LogP contribution >= 0.6 is 0 Å². The highest BCUT2D eigenvalue weighted by Gasteiger charge is 2.23. The van der Waals surface area contributed by atoms with E-state index in [2.05, 4.69) is 78.6 Å². The third kappa shape index (κ3) is 6.07. The molecule has 1 aliphatic carbocycles. The lowest BCUT2D eigenvalue weighted by atomic mass is 10.0. The first-order valence-corrected chi connectivity index (χ1v) is 10.9. The molecule has 27 heavy (non-hydrogen) atoms. The molecule has 0 aliphatic heterocycles. The number of nitrogens with zero attached hydrogens (tertiary/aromatic N) is 1. The third-order valence-electron chi connectivity index (χ3n) is 5.69. The Hall–Kier alpha value is -1.86. The minimum Gasteiger partial charge on any atom is -0.289 e. The largest absolute Gasteiger partial charge is 0.289 e. The van der Waals surface area contributed by atoms with Crippen molar-refractivity contribution >= 4 is 6.08 Å². The van der Waals surface area contributed by atoms with Crippen LogP contribution in [0, 0.1) is 0 Å². The fourth-order valence-electron chi connectivity index (χ4n) is 4.13. The van der Waals surface area contributed by atoms with E-state index in [9.17, 15) is 0 Å². The highest BCUT2D eigenvalue weighted by atomic mass is 15.1. The Labute approximate surface area is 166 Å². The molecule has 2 aromatic carbocycles. The van der Waals surface area contributed by atoms with Gasteiger partial charge in [0, 0.05) is 6.54 Å². The second-order valence-corrected chi connectivity index (χ2v) is 7.86. The summed E-state index contributed by atoms with van der Waals surface area (Å²) >= 11 is 0. The van der Waals surface area contributed by atoms with Crippen LogP contribution in [0.25, 0.3) is 6.08 Å². The second-order valence-electron chi connectivity index (χ2n) is 7.86. The maximum Gasteiger partial charge on any atom is 0.0543 e. The van der Waals surface area contributed by atoms with Gasteiger partial charge in [0.15, 0.2) is 0 Å². The van der Waals surface area contributed by atoms with Crippen LogP contribution < -0.4 is 0 Å². The first-order valence-electron chi connectivity index (χ1n) is 10.9. The summed E-state index contributed by atoms with van der Waals surface area (Å²) in [5.41, 5.74) is 4.26. The Bertz CT molecular complexity index is 688. The molecule has 1 aliphatic rings. The molecule has 1 atom stereocenters. The zero-order chi connectivity index (χ0) is 18.7. The van der Waals surface area contributed by atoms with Crippen molar-refractivity contribution in [3.05, 3.63) is 77.4 Å². The summed E-state index contributed by atoms with van der Waals surface area (Å²) in [4.78, 5) is 2.66. The van der Waals surface area contributed by atoms with Crippen LogP contribution in [0.2, 0.25) is 0 Å². The van der Waals surface area contributed by atoms with E-state index in [4.69, 9.17) is 0 Å². The van der Waals surface area contributed by atoms with Gasteiger partial charge < -0.3 is 0 Å². The van der Waals surface area contributed by atoms with Gasteiger partial charge in [0.05, 0.1) is 6.04 Å². The van der Waals surface area contributed by atoms with E-state index in [1.165, 1.54) is 74.6 Å². The van der Waals surface area contributed by atoms with E-state index in [1.807, 2.05) is 0 Å². The maximum absolute atomic E-state index is 2.66. The van der Waals surface area contributed by atoms with Gasteiger partial charge in [0.1, 0.15) is 0 Å². The molecule has 2 aromatic rings. The van der Waals surface area contributed by atoms with Crippen LogP contribution in [0.5, 0.6) is 0 Å². The molecule has 0 spiro atoms. The normalized spacial score (nSPS) is 15.4. The predicted octanol–water partition coefficient (Wildman–Crippen LogP) is 7.40. The van der Waals surface area contributed by atoms with Crippen LogP contribution in [0.4, 0.5) is 0 Å². The lowest BCUT2D eigenvalue weighted by molar-refractivity contribution is 0.218. The molecule has 0 radical (unpaired) electrons. The summed E-state index contributed by atoms with van der Waals surface area (Å²) in [6.07, 6.45) is 15.7. The van der Waals surface area contributed by atoms with Crippen LogP contribution in [-0.4, -0.2) is 11.4 Å². The topological polar surface area (TPSA) is 3.24 Å². The van der Waals surface area contributed by atoms with Crippen molar-refractivity contribution in [1.82, 2.24) is 4.90 Å². The molecule has 0 heterocycles. The molecule has 0 saturated carbocycles. The minimum absolute atomic E-state index is 0.422. The van der Waals surface area contributed by atoms with E-state index < -0.39 is 0 Å². The standard InChI is InChI=1S/C26H35N/c1-2-3-4-5-6-7-8-14-21-27(22-23-15-10-9-11-16-23)26-20-19-24-17-12-13-18-25(24)26/h9-13,15-20,26H,2-8,14,21-22H2,1H3. The van der Waals surface area contributed by atoms with Gasteiger partial charge in [0.2, 0.25) is 0 Å². The lowest BCUT2D eigenvalue weighted by Crippen LogP contribution is -2.27. The second kappa shape index (κ2) is 11.1. The van der Waals surface area contributed by atoms with Crippen LogP contribution in [0.15, 0.2) is 60.7 Å². The van der Waals surface area contributed by atoms with Crippen molar-refractivity contribution in [2.24, 2.45) is 0 Å². The zero-order valence-corrected chi connectivity index (χ0v) is 16.9. The van der Waals surface area contributed by atoms with Crippen LogP contribution in [0.3, 0.4) is 0 Å². The maximum atomic E-state index is 2.66. The van der Waals surface area contributed by atoms with Gasteiger partial charge in [-0.15, -0.1) is 0 Å². The van der Waals surface area contributed by atoms with E-state index in [0.29, 0.717) is 6.04 Å². The van der Waals surface area contributed by atoms with Gasteiger partial charge in [-0.25, -0.2) is 0 Å². The molecular formula is C26H35N. The Balaban J connectivity index is 1.54. The summed E-state index contributed by atoms with van der Waals surface area (Å²) < 4.78 is 0. The Morgan fingerprint density at radius 2 is 1.41 bits per heavy atom. The summed E-state index contributed by atoms with van der Waals surface area (Å²) in [5, 5.41) is 0. The Kier molecular flexibility index (Phi) is 8.17. The first-order chi connectivity index (χ1) is 13.4. The first kappa shape index (κ1) is 19.9. The van der Waals surface area contributed by atoms with Crippen LogP contribution in [-0.2, 0) is 6.54 Å². The highest BCUT2D eigenvalue weighted by molar-refractivity contribution is 5.61. The van der Waals surface area contributed by atoms with E-state index in [0.717, 1.165) is 6.54 Å². The fourth-order valence-corrected chi connectivity index (χ4v) is 4.13. The smallest absolute Gasteiger partial charge is 0.0543 e. The number of hydrogen-bond acceptors (Lipinski definition) is 1. The highest BCUT2D eigenvalue weighted by Crippen LogP contribution is 2.33. The molecule has 1 heteroatoms. The quantitative estimate of drug-likeness (QED) is 0.356. The molecule has 144 valence electrons. The zero-order valence-electron chi connectivity index (χ0n) is 16.9. The predicted molar refractivity (Wildman–Crippen MR) is 118 cm³/mol. The van der Waals surface area contributed by atoms with E-state index in [1.54, 1.807) is 0 Å². The molecule has 0 N–H and O–H groups in total. The van der Waals surface area contributed by atoms with Crippen molar-refractivity contribution in [2.75, 3.05) is 6.54 Å². The van der Waals surface area contributed by atoms with Gasteiger partial charge in [0.25, 0.3) is 0 Å². The number of rotatable bonds is 12. The number of unbranched alkanes of at least 4 members (excludes halogenated alkanes) is 7.